The maximum Gasteiger partial charge on any atom is 0.335 e. The standard InChI is InChI=1S/C20H27NO2/c22-20(23)18-6-2-5-17(13-7-9-21-10-8-13)19(18)16-11-14-3-1-4-15(14)12-16/h2,5-6,13-16,21H,1,3-4,7-12H2,(H,22,23). The highest BCUT2D eigenvalue weighted by molar-refractivity contribution is 5.90. The van der Waals surface area contributed by atoms with Crippen LogP contribution in [-0.2, 0) is 0 Å². The Labute approximate surface area is 138 Å². The Morgan fingerprint density at radius 2 is 1.70 bits per heavy atom. The Balaban J connectivity index is 1.71. The van der Waals surface area contributed by atoms with E-state index < -0.39 is 5.97 Å². The van der Waals surface area contributed by atoms with Crippen LogP contribution in [0, 0.1) is 11.8 Å². The van der Waals surface area contributed by atoms with E-state index in [1.807, 2.05) is 12.1 Å². The molecule has 2 atom stereocenters. The van der Waals surface area contributed by atoms with Gasteiger partial charge in [0.15, 0.2) is 0 Å². The molecule has 0 spiro atoms. The maximum absolute atomic E-state index is 11.8. The lowest BCUT2D eigenvalue weighted by atomic mass is 9.79. The first-order valence-corrected chi connectivity index (χ1v) is 9.31. The van der Waals surface area contributed by atoms with Gasteiger partial charge < -0.3 is 10.4 Å². The van der Waals surface area contributed by atoms with Crippen molar-refractivity contribution in [3.05, 3.63) is 34.9 Å². The molecule has 124 valence electrons. The van der Waals surface area contributed by atoms with Crippen molar-refractivity contribution in [1.82, 2.24) is 5.32 Å². The number of benzene rings is 1. The van der Waals surface area contributed by atoms with Gasteiger partial charge in [-0.1, -0.05) is 31.4 Å². The second kappa shape index (κ2) is 6.27. The van der Waals surface area contributed by atoms with Gasteiger partial charge in [-0.25, -0.2) is 4.79 Å². The van der Waals surface area contributed by atoms with Crippen LogP contribution >= 0.6 is 0 Å². The summed E-state index contributed by atoms with van der Waals surface area (Å²) in [4.78, 5) is 11.8. The number of piperidine rings is 1. The summed E-state index contributed by atoms with van der Waals surface area (Å²) in [6.45, 7) is 2.11. The molecule has 0 amide bonds. The number of nitrogens with one attached hydrogen (secondary N) is 1. The average Bonchev–Trinajstić information content (AvgIpc) is 3.16. The van der Waals surface area contributed by atoms with Gasteiger partial charge in [0, 0.05) is 0 Å². The van der Waals surface area contributed by atoms with E-state index >= 15 is 0 Å². The van der Waals surface area contributed by atoms with Gasteiger partial charge >= 0.3 is 5.97 Å². The third kappa shape index (κ3) is 2.80. The quantitative estimate of drug-likeness (QED) is 0.881. The van der Waals surface area contributed by atoms with Gasteiger partial charge in [-0.15, -0.1) is 0 Å². The summed E-state index contributed by atoms with van der Waals surface area (Å²) in [5.41, 5.74) is 3.11. The van der Waals surface area contributed by atoms with E-state index in [0.717, 1.165) is 37.8 Å². The van der Waals surface area contributed by atoms with Crippen LogP contribution in [0.3, 0.4) is 0 Å². The summed E-state index contributed by atoms with van der Waals surface area (Å²) in [5.74, 6) is 1.96. The van der Waals surface area contributed by atoms with Gasteiger partial charge in [0.2, 0.25) is 0 Å². The van der Waals surface area contributed by atoms with Crippen molar-refractivity contribution in [2.24, 2.45) is 11.8 Å². The van der Waals surface area contributed by atoms with Crippen LogP contribution in [0.25, 0.3) is 0 Å². The van der Waals surface area contributed by atoms with Gasteiger partial charge in [-0.3, -0.25) is 0 Å². The minimum atomic E-state index is -0.743. The van der Waals surface area contributed by atoms with Crippen molar-refractivity contribution in [2.45, 2.75) is 56.8 Å². The summed E-state index contributed by atoms with van der Waals surface area (Å²) in [5, 5.41) is 13.2. The van der Waals surface area contributed by atoms with E-state index in [1.54, 1.807) is 0 Å². The van der Waals surface area contributed by atoms with Crippen LogP contribution in [0.2, 0.25) is 0 Å². The SMILES string of the molecule is O=C(O)c1cccc(C2CCNCC2)c1C1CC2CCCC2C1. The highest BCUT2D eigenvalue weighted by Gasteiger charge is 2.40. The second-order valence-electron chi connectivity index (χ2n) is 7.76. The molecular weight excluding hydrogens is 286 g/mol. The lowest BCUT2D eigenvalue weighted by molar-refractivity contribution is 0.0695. The van der Waals surface area contributed by atoms with E-state index in [1.165, 1.54) is 43.2 Å². The molecule has 1 aromatic carbocycles. The summed E-state index contributed by atoms with van der Waals surface area (Å²) >= 11 is 0. The number of hydrogen-bond acceptors (Lipinski definition) is 2. The van der Waals surface area contributed by atoms with Gasteiger partial charge in [0.25, 0.3) is 0 Å². The van der Waals surface area contributed by atoms with Crippen molar-refractivity contribution < 1.29 is 9.90 Å². The molecule has 3 nitrogen and oxygen atoms in total. The smallest absolute Gasteiger partial charge is 0.335 e. The zero-order valence-electron chi connectivity index (χ0n) is 13.8. The predicted molar refractivity (Wildman–Crippen MR) is 91.1 cm³/mol. The number of rotatable bonds is 3. The van der Waals surface area contributed by atoms with Crippen molar-refractivity contribution in [2.75, 3.05) is 13.1 Å². The van der Waals surface area contributed by atoms with Crippen LogP contribution in [0.5, 0.6) is 0 Å². The van der Waals surface area contributed by atoms with Crippen molar-refractivity contribution in [1.29, 1.82) is 0 Å². The predicted octanol–water partition coefficient (Wildman–Crippen LogP) is 4.15. The Bertz CT molecular complexity index is 579. The van der Waals surface area contributed by atoms with Gasteiger partial charge in [-0.05, 0) is 79.6 Å². The third-order valence-corrected chi connectivity index (χ3v) is 6.55. The maximum atomic E-state index is 11.8. The lowest BCUT2D eigenvalue weighted by Crippen LogP contribution is -2.27. The largest absolute Gasteiger partial charge is 0.478 e. The van der Waals surface area contributed by atoms with Gasteiger partial charge in [-0.2, -0.15) is 0 Å². The number of hydrogen-bond donors (Lipinski definition) is 2. The fourth-order valence-electron chi connectivity index (χ4n) is 5.51. The number of fused-ring (bicyclic) bond motifs is 1. The molecule has 23 heavy (non-hydrogen) atoms. The lowest BCUT2D eigenvalue weighted by Gasteiger charge is -2.28. The minimum Gasteiger partial charge on any atom is -0.478 e. The molecule has 3 aliphatic rings. The normalized spacial score (nSPS) is 31.2. The molecule has 4 rings (SSSR count). The number of carbonyl (C=O) groups is 1. The van der Waals surface area contributed by atoms with Crippen LogP contribution < -0.4 is 5.32 Å². The molecule has 0 bridgehead atoms. The highest BCUT2D eigenvalue weighted by Crippen LogP contribution is 2.52. The molecule has 3 fully saturated rings. The van der Waals surface area contributed by atoms with Crippen LogP contribution in [0.4, 0.5) is 0 Å². The Hall–Kier alpha value is -1.35. The molecule has 2 unspecified atom stereocenters. The Morgan fingerprint density at radius 1 is 1.00 bits per heavy atom. The van der Waals surface area contributed by atoms with Crippen LogP contribution in [-0.4, -0.2) is 24.2 Å². The zero-order chi connectivity index (χ0) is 15.8. The zero-order valence-corrected chi connectivity index (χ0v) is 13.8. The Morgan fingerprint density at radius 3 is 2.35 bits per heavy atom. The number of carboxylic acids is 1. The molecule has 2 aliphatic carbocycles. The molecule has 2 saturated carbocycles. The first-order valence-electron chi connectivity index (χ1n) is 9.31. The first-order chi connectivity index (χ1) is 11.2. The van der Waals surface area contributed by atoms with E-state index in [2.05, 4.69) is 11.4 Å². The van der Waals surface area contributed by atoms with Crippen molar-refractivity contribution >= 4 is 5.97 Å². The van der Waals surface area contributed by atoms with Gasteiger partial charge in [0.1, 0.15) is 0 Å². The Kier molecular flexibility index (Phi) is 4.14. The van der Waals surface area contributed by atoms with Crippen LogP contribution in [0.1, 0.15) is 78.3 Å². The minimum absolute atomic E-state index is 0.475. The van der Waals surface area contributed by atoms with Crippen molar-refractivity contribution in [3.8, 4) is 0 Å². The van der Waals surface area contributed by atoms with E-state index in [-0.39, 0.29) is 0 Å². The van der Waals surface area contributed by atoms with Crippen molar-refractivity contribution in [3.63, 3.8) is 0 Å². The van der Waals surface area contributed by atoms with Gasteiger partial charge in [0.05, 0.1) is 5.56 Å². The van der Waals surface area contributed by atoms with Crippen LogP contribution in [0.15, 0.2) is 18.2 Å². The summed E-state index contributed by atoms with van der Waals surface area (Å²) < 4.78 is 0. The molecular formula is C20H27NO2. The fraction of sp³-hybridized carbons (Fsp3) is 0.650. The third-order valence-electron chi connectivity index (χ3n) is 6.55. The molecule has 3 heteroatoms. The second-order valence-corrected chi connectivity index (χ2v) is 7.76. The topological polar surface area (TPSA) is 49.3 Å². The molecule has 1 aliphatic heterocycles. The molecule has 1 aromatic rings. The first kappa shape index (κ1) is 15.2. The van der Waals surface area contributed by atoms with E-state index in [4.69, 9.17) is 0 Å². The molecule has 2 N–H and O–H groups in total. The number of carboxylic acid groups (broad SMARTS) is 1. The summed E-state index contributed by atoms with van der Waals surface area (Å²) in [7, 11) is 0. The fourth-order valence-corrected chi connectivity index (χ4v) is 5.51. The molecule has 1 heterocycles. The highest BCUT2D eigenvalue weighted by atomic mass is 16.4. The number of aromatic carboxylic acids is 1. The van der Waals surface area contributed by atoms with E-state index in [0.29, 0.717) is 17.4 Å². The molecule has 0 radical (unpaired) electrons. The average molecular weight is 313 g/mol. The summed E-state index contributed by atoms with van der Waals surface area (Å²) in [6, 6.07) is 6.00. The monoisotopic (exact) mass is 313 g/mol. The molecule has 1 saturated heterocycles. The summed E-state index contributed by atoms with van der Waals surface area (Å²) in [6.07, 6.45) is 8.80. The van der Waals surface area contributed by atoms with E-state index in [9.17, 15) is 9.90 Å². The molecule has 0 aromatic heterocycles.